The van der Waals surface area contributed by atoms with Crippen molar-refractivity contribution in [2.45, 2.75) is 36.7 Å². The van der Waals surface area contributed by atoms with Crippen LogP contribution in [0.3, 0.4) is 0 Å². The third-order valence-corrected chi connectivity index (χ3v) is 8.90. The first-order valence-corrected chi connectivity index (χ1v) is 14.9. The summed E-state index contributed by atoms with van der Waals surface area (Å²) < 4.78 is 34.4. The van der Waals surface area contributed by atoms with Crippen LogP contribution < -0.4 is 4.72 Å². The highest BCUT2D eigenvalue weighted by Crippen LogP contribution is 2.33. The van der Waals surface area contributed by atoms with Gasteiger partial charge in [-0.25, -0.2) is 18.1 Å². The van der Waals surface area contributed by atoms with Gasteiger partial charge in [0.25, 0.3) is 0 Å². The van der Waals surface area contributed by atoms with Crippen molar-refractivity contribution in [3.63, 3.8) is 0 Å². The van der Waals surface area contributed by atoms with E-state index in [1.807, 2.05) is 42.5 Å². The SMILES string of the molecule is O=S(=O)(NC1CCOC1)c1ccc2[nH]c(O)c(C(=Nc3ccc(CN4CCCC4)cc3)c3ccccc3)c2c1. The summed E-state index contributed by atoms with van der Waals surface area (Å²) in [6.45, 7) is 4.10. The highest BCUT2D eigenvalue weighted by Gasteiger charge is 2.25. The molecule has 2 fully saturated rings. The molecule has 39 heavy (non-hydrogen) atoms. The number of likely N-dealkylation sites (tertiary alicyclic amines) is 1. The Morgan fingerprint density at radius 2 is 1.82 bits per heavy atom. The lowest BCUT2D eigenvalue weighted by molar-refractivity contribution is 0.192. The third kappa shape index (κ3) is 5.62. The van der Waals surface area contributed by atoms with Crippen molar-refractivity contribution in [2.24, 2.45) is 4.99 Å². The summed E-state index contributed by atoms with van der Waals surface area (Å²) in [5, 5.41) is 11.6. The molecular weight excluding hydrogens is 512 g/mol. The van der Waals surface area contributed by atoms with Crippen LogP contribution in [0.2, 0.25) is 0 Å². The first-order chi connectivity index (χ1) is 19.0. The highest BCUT2D eigenvalue weighted by atomic mass is 32.2. The van der Waals surface area contributed by atoms with Crippen LogP contribution in [0.5, 0.6) is 5.88 Å². The van der Waals surface area contributed by atoms with E-state index < -0.39 is 10.0 Å². The Hall–Kier alpha value is -3.50. The molecule has 0 aliphatic carbocycles. The average molecular weight is 545 g/mol. The van der Waals surface area contributed by atoms with Crippen LogP contribution in [0, 0.1) is 0 Å². The number of benzene rings is 3. The maximum atomic E-state index is 13.2. The summed E-state index contributed by atoms with van der Waals surface area (Å²) in [6.07, 6.45) is 3.15. The molecule has 1 atom stereocenters. The summed E-state index contributed by atoms with van der Waals surface area (Å²) in [5.41, 5.74) is 4.43. The van der Waals surface area contributed by atoms with E-state index in [0.29, 0.717) is 41.8 Å². The van der Waals surface area contributed by atoms with Gasteiger partial charge in [-0.05, 0) is 68.2 Å². The number of fused-ring (bicyclic) bond motifs is 1. The molecule has 202 valence electrons. The molecule has 2 saturated heterocycles. The molecule has 6 rings (SSSR count). The van der Waals surface area contributed by atoms with Gasteiger partial charge >= 0.3 is 0 Å². The maximum Gasteiger partial charge on any atom is 0.240 e. The number of nitrogens with zero attached hydrogens (tertiary/aromatic N) is 2. The number of aliphatic imine (C=N–C) groups is 1. The molecule has 3 aromatic carbocycles. The predicted octanol–water partition coefficient (Wildman–Crippen LogP) is 4.71. The lowest BCUT2D eigenvalue weighted by atomic mass is 10.0. The smallest absolute Gasteiger partial charge is 0.240 e. The minimum Gasteiger partial charge on any atom is -0.494 e. The Balaban J connectivity index is 1.40. The monoisotopic (exact) mass is 544 g/mol. The fraction of sp³-hybridized carbons (Fsp3) is 0.300. The van der Waals surface area contributed by atoms with Gasteiger partial charge in [0.1, 0.15) is 0 Å². The summed E-state index contributed by atoms with van der Waals surface area (Å²) in [7, 11) is -3.78. The van der Waals surface area contributed by atoms with Crippen molar-refractivity contribution in [1.82, 2.24) is 14.6 Å². The van der Waals surface area contributed by atoms with E-state index >= 15 is 0 Å². The molecule has 0 spiro atoms. The van der Waals surface area contributed by atoms with Crippen molar-refractivity contribution >= 4 is 32.3 Å². The van der Waals surface area contributed by atoms with E-state index in [1.54, 1.807) is 18.2 Å². The first kappa shape index (κ1) is 25.8. The fourth-order valence-electron chi connectivity index (χ4n) is 5.34. The number of nitrogens with one attached hydrogen (secondary N) is 2. The van der Waals surface area contributed by atoms with E-state index in [2.05, 4.69) is 26.7 Å². The van der Waals surface area contributed by atoms with E-state index in [0.717, 1.165) is 30.9 Å². The number of hydrogen-bond acceptors (Lipinski definition) is 6. The maximum absolute atomic E-state index is 13.2. The van der Waals surface area contributed by atoms with Gasteiger partial charge in [-0.3, -0.25) is 4.90 Å². The molecule has 1 unspecified atom stereocenters. The molecular formula is C30H32N4O4S. The van der Waals surface area contributed by atoms with Gasteiger partial charge in [0.15, 0.2) is 5.88 Å². The van der Waals surface area contributed by atoms with Gasteiger partial charge in [0.2, 0.25) is 10.0 Å². The molecule has 0 radical (unpaired) electrons. The van der Waals surface area contributed by atoms with Gasteiger partial charge < -0.3 is 14.8 Å². The van der Waals surface area contributed by atoms with Crippen LogP contribution in [-0.2, 0) is 21.3 Å². The number of ether oxygens (including phenoxy) is 1. The Kier molecular flexibility index (Phi) is 7.22. The van der Waals surface area contributed by atoms with Crippen molar-refractivity contribution in [3.05, 3.63) is 89.5 Å². The van der Waals surface area contributed by atoms with Crippen molar-refractivity contribution in [2.75, 3.05) is 26.3 Å². The summed E-state index contributed by atoms with van der Waals surface area (Å²) in [5.74, 6) is -0.0649. The third-order valence-electron chi connectivity index (χ3n) is 7.38. The second kappa shape index (κ2) is 10.9. The van der Waals surface area contributed by atoms with E-state index in [4.69, 9.17) is 9.73 Å². The van der Waals surface area contributed by atoms with Crippen LogP contribution in [0.25, 0.3) is 10.9 Å². The Morgan fingerprint density at radius 3 is 2.54 bits per heavy atom. The second-order valence-corrected chi connectivity index (χ2v) is 11.9. The molecule has 4 aromatic rings. The lowest BCUT2D eigenvalue weighted by Gasteiger charge is -2.14. The van der Waals surface area contributed by atoms with E-state index in [-0.39, 0.29) is 16.8 Å². The first-order valence-electron chi connectivity index (χ1n) is 13.4. The number of aromatic hydroxyl groups is 1. The molecule has 0 saturated carbocycles. The van der Waals surface area contributed by atoms with Gasteiger partial charge in [-0.15, -0.1) is 0 Å². The minimum absolute atomic E-state index is 0.0649. The Morgan fingerprint density at radius 1 is 1.05 bits per heavy atom. The molecule has 8 nitrogen and oxygen atoms in total. The lowest BCUT2D eigenvalue weighted by Crippen LogP contribution is -2.34. The second-order valence-electron chi connectivity index (χ2n) is 10.2. The molecule has 3 N–H and O–H groups in total. The normalized spacial score (nSPS) is 18.8. The zero-order valence-corrected chi connectivity index (χ0v) is 22.5. The Labute approximate surface area is 228 Å². The van der Waals surface area contributed by atoms with Gasteiger partial charge in [-0.1, -0.05) is 42.5 Å². The number of rotatable bonds is 8. The summed E-state index contributed by atoms with van der Waals surface area (Å²) in [6, 6.07) is 22.3. The molecule has 2 aliphatic heterocycles. The van der Waals surface area contributed by atoms with Gasteiger partial charge in [0, 0.05) is 35.7 Å². The van der Waals surface area contributed by atoms with Gasteiger partial charge in [0.05, 0.1) is 28.5 Å². The van der Waals surface area contributed by atoms with Crippen LogP contribution in [0.4, 0.5) is 5.69 Å². The van der Waals surface area contributed by atoms with Crippen LogP contribution in [0.1, 0.15) is 36.0 Å². The van der Waals surface area contributed by atoms with Crippen molar-refractivity contribution < 1.29 is 18.3 Å². The number of aromatic amines is 1. The topological polar surface area (TPSA) is 107 Å². The van der Waals surface area contributed by atoms with Crippen molar-refractivity contribution in [3.8, 4) is 5.88 Å². The standard InChI is InChI=1S/C30H32N4O4S/c35-30-28(26-18-25(12-13-27(26)32-30)39(36,37)33-24-14-17-38-20-24)29(22-6-2-1-3-7-22)31-23-10-8-21(9-11-23)19-34-15-4-5-16-34/h1-3,6-13,18,24,32-33,35H,4-5,14-17,19-20H2. The number of hydrogen-bond donors (Lipinski definition) is 3. The zero-order chi connectivity index (χ0) is 26.8. The van der Waals surface area contributed by atoms with Crippen LogP contribution >= 0.6 is 0 Å². The van der Waals surface area contributed by atoms with Crippen LogP contribution in [-0.4, -0.2) is 61.5 Å². The average Bonchev–Trinajstić information content (AvgIpc) is 3.70. The quantitative estimate of drug-likeness (QED) is 0.279. The largest absolute Gasteiger partial charge is 0.494 e. The minimum atomic E-state index is -3.78. The van der Waals surface area contributed by atoms with E-state index in [1.165, 1.54) is 18.4 Å². The number of H-pyrrole nitrogens is 1. The predicted molar refractivity (Wildman–Crippen MR) is 152 cm³/mol. The molecule has 0 bridgehead atoms. The molecule has 2 aliphatic rings. The molecule has 9 heteroatoms. The summed E-state index contributed by atoms with van der Waals surface area (Å²) >= 11 is 0. The highest BCUT2D eigenvalue weighted by molar-refractivity contribution is 7.89. The number of aromatic nitrogens is 1. The summed E-state index contributed by atoms with van der Waals surface area (Å²) in [4.78, 5) is 10.6. The molecule has 3 heterocycles. The zero-order valence-electron chi connectivity index (χ0n) is 21.6. The van der Waals surface area contributed by atoms with Crippen LogP contribution in [0.15, 0.2) is 82.7 Å². The van der Waals surface area contributed by atoms with Gasteiger partial charge in [-0.2, -0.15) is 0 Å². The fourth-order valence-corrected chi connectivity index (χ4v) is 6.62. The molecule has 1 aromatic heterocycles. The van der Waals surface area contributed by atoms with E-state index in [9.17, 15) is 13.5 Å². The molecule has 0 amide bonds. The Bertz CT molecular complexity index is 1590. The van der Waals surface area contributed by atoms with Crippen molar-refractivity contribution in [1.29, 1.82) is 0 Å². The number of sulfonamides is 1.